The molecule has 0 heterocycles. The van der Waals surface area contributed by atoms with E-state index in [1.54, 1.807) is 24.3 Å². The summed E-state index contributed by atoms with van der Waals surface area (Å²) in [6, 6.07) is 19.6. The van der Waals surface area contributed by atoms with Gasteiger partial charge in [0.1, 0.15) is 5.75 Å². The molecule has 25 heavy (non-hydrogen) atoms. The predicted octanol–water partition coefficient (Wildman–Crippen LogP) is 3.35. The van der Waals surface area contributed by atoms with Gasteiger partial charge in [0.05, 0.1) is 0 Å². The van der Waals surface area contributed by atoms with Crippen molar-refractivity contribution in [3.8, 4) is 5.75 Å². The highest BCUT2D eigenvalue weighted by Crippen LogP contribution is 2.20. The van der Waals surface area contributed by atoms with Crippen molar-refractivity contribution >= 4 is 34.1 Å². The lowest BCUT2D eigenvalue weighted by atomic mass is 10.1. The summed E-state index contributed by atoms with van der Waals surface area (Å²) in [4.78, 5) is 22.9. The van der Waals surface area contributed by atoms with E-state index in [-0.39, 0.29) is 12.5 Å². The Morgan fingerprint density at radius 3 is 2.32 bits per heavy atom. The molecule has 0 unspecified atom stereocenters. The number of fused-ring (bicyclic) bond motifs is 1. The van der Waals surface area contributed by atoms with Crippen molar-refractivity contribution in [2.75, 3.05) is 17.2 Å². The molecule has 0 aliphatic heterocycles. The average molecular weight is 335 g/mol. The number of benzene rings is 3. The van der Waals surface area contributed by atoms with Gasteiger partial charge in [0, 0.05) is 11.4 Å². The minimum Gasteiger partial charge on any atom is -0.484 e. The van der Waals surface area contributed by atoms with Crippen LogP contribution in [-0.2, 0) is 4.79 Å². The summed E-state index contributed by atoms with van der Waals surface area (Å²) >= 11 is 0. The topological polar surface area (TPSA) is 93.5 Å². The van der Waals surface area contributed by atoms with Crippen LogP contribution in [0.25, 0.3) is 10.8 Å². The predicted molar refractivity (Wildman–Crippen MR) is 97.7 cm³/mol. The summed E-state index contributed by atoms with van der Waals surface area (Å²) in [5.41, 5.74) is 6.11. The van der Waals surface area contributed by atoms with Crippen LogP contribution in [0.1, 0.15) is 0 Å². The van der Waals surface area contributed by atoms with Crippen molar-refractivity contribution < 1.29 is 14.3 Å². The van der Waals surface area contributed by atoms with E-state index in [4.69, 9.17) is 10.5 Å². The largest absolute Gasteiger partial charge is 0.484 e. The zero-order valence-corrected chi connectivity index (χ0v) is 13.4. The van der Waals surface area contributed by atoms with Crippen LogP contribution in [0, 0.1) is 0 Å². The third-order valence-electron chi connectivity index (χ3n) is 3.50. The van der Waals surface area contributed by atoms with Gasteiger partial charge in [-0.05, 0) is 41.1 Å². The highest BCUT2D eigenvalue weighted by Gasteiger charge is 2.05. The van der Waals surface area contributed by atoms with Crippen molar-refractivity contribution in [2.45, 2.75) is 0 Å². The van der Waals surface area contributed by atoms with E-state index < -0.39 is 6.03 Å². The van der Waals surface area contributed by atoms with Crippen LogP contribution in [-0.4, -0.2) is 18.5 Å². The SMILES string of the molecule is NC(=O)Nc1cccc(NC(=O)COc2ccc3ccccc3c2)c1. The zero-order chi connectivity index (χ0) is 17.6. The number of hydrogen-bond acceptors (Lipinski definition) is 3. The number of rotatable bonds is 5. The van der Waals surface area contributed by atoms with Crippen LogP contribution in [0.3, 0.4) is 0 Å². The van der Waals surface area contributed by atoms with Crippen molar-refractivity contribution in [3.05, 3.63) is 66.7 Å². The van der Waals surface area contributed by atoms with E-state index in [9.17, 15) is 9.59 Å². The number of carbonyl (C=O) groups is 2. The van der Waals surface area contributed by atoms with Crippen molar-refractivity contribution in [2.24, 2.45) is 5.73 Å². The lowest BCUT2D eigenvalue weighted by Crippen LogP contribution is -2.21. The standard InChI is InChI=1S/C19H17N3O3/c20-19(24)22-16-7-3-6-15(11-16)21-18(23)12-25-17-9-8-13-4-1-2-5-14(13)10-17/h1-11H,12H2,(H,21,23)(H3,20,22,24). The Hall–Kier alpha value is -3.54. The van der Waals surface area contributed by atoms with Gasteiger partial charge in [-0.25, -0.2) is 4.79 Å². The number of amides is 3. The molecule has 0 aliphatic carbocycles. The van der Waals surface area contributed by atoms with Gasteiger partial charge >= 0.3 is 6.03 Å². The summed E-state index contributed by atoms with van der Waals surface area (Å²) in [5, 5.41) is 7.31. The number of hydrogen-bond donors (Lipinski definition) is 3. The third kappa shape index (κ3) is 4.48. The highest BCUT2D eigenvalue weighted by atomic mass is 16.5. The number of carbonyl (C=O) groups excluding carboxylic acids is 2. The van der Waals surface area contributed by atoms with Gasteiger partial charge in [0.2, 0.25) is 0 Å². The Bertz CT molecular complexity index is 924. The zero-order valence-electron chi connectivity index (χ0n) is 13.4. The minimum absolute atomic E-state index is 0.119. The molecule has 0 aliphatic rings. The Kier molecular flexibility index (Phi) is 4.80. The molecule has 0 saturated heterocycles. The number of urea groups is 1. The Morgan fingerprint density at radius 2 is 1.56 bits per heavy atom. The number of primary amides is 1. The lowest BCUT2D eigenvalue weighted by Gasteiger charge is -2.09. The Morgan fingerprint density at radius 1 is 0.840 bits per heavy atom. The van der Waals surface area contributed by atoms with Crippen molar-refractivity contribution in [1.82, 2.24) is 0 Å². The van der Waals surface area contributed by atoms with Gasteiger partial charge in [-0.1, -0.05) is 36.4 Å². The molecule has 0 fully saturated rings. The maximum absolute atomic E-state index is 12.0. The summed E-state index contributed by atoms with van der Waals surface area (Å²) in [6.45, 7) is -0.119. The van der Waals surface area contributed by atoms with Crippen LogP contribution in [0.15, 0.2) is 66.7 Å². The van der Waals surface area contributed by atoms with Gasteiger partial charge in [-0.15, -0.1) is 0 Å². The second-order valence-corrected chi connectivity index (χ2v) is 5.42. The fourth-order valence-electron chi connectivity index (χ4n) is 2.42. The van der Waals surface area contributed by atoms with Crippen molar-refractivity contribution in [1.29, 1.82) is 0 Å². The van der Waals surface area contributed by atoms with E-state index in [1.165, 1.54) is 0 Å². The molecule has 3 amide bonds. The van der Waals surface area contributed by atoms with Crippen LogP contribution < -0.4 is 21.1 Å². The molecule has 0 atom stereocenters. The summed E-state index contributed by atoms with van der Waals surface area (Å²) in [5.74, 6) is 0.322. The van der Waals surface area contributed by atoms with E-state index in [2.05, 4.69) is 10.6 Å². The van der Waals surface area contributed by atoms with Gasteiger partial charge in [-0.2, -0.15) is 0 Å². The molecule has 0 aromatic heterocycles. The molecule has 6 nitrogen and oxygen atoms in total. The first-order chi connectivity index (χ1) is 12.1. The van der Waals surface area contributed by atoms with E-state index in [0.29, 0.717) is 17.1 Å². The van der Waals surface area contributed by atoms with Crippen molar-refractivity contribution in [3.63, 3.8) is 0 Å². The minimum atomic E-state index is -0.664. The normalized spacial score (nSPS) is 10.2. The van der Waals surface area contributed by atoms with E-state index in [0.717, 1.165) is 10.8 Å². The Balaban J connectivity index is 1.59. The highest BCUT2D eigenvalue weighted by molar-refractivity contribution is 5.94. The fourth-order valence-corrected chi connectivity index (χ4v) is 2.42. The van der Waals surface area contributed by atoms with Gasteiger partial charge in [-0.3, -0.25) is 4.79 Å². The third-order valence-corrected chi connectivity index (χ3v) is 3.50. The molecule has 3 rings (SSSR count). The van der Waals surface area contributed by atoms with Gasteiger partial charge in [0.15, 0.2) is 6.61 Å². The smallest absolute Gasteiger partial charge is 0.316 e. The summed E-state index contributed by atoms with van der Waals surface area (Å²) in [6.07, 6.45) is 0. The molecule has 0 saturated carbocycles. The van der Waals surface area contributed by atoms with E-state index >= 15 is 0 Å². The number of anilines is 2. The summed E-state index contributed by atoms with van der Waals surface area (Å²) < 4.78 is 5.54. The first-order valence-electron chi connectivity index (χ1n) is 7.68. The molecule has 0 bridgehead atoms. The molecular weight excluding hydrogens is 318 g/mol. The second kappa shape index (κ2) is 7.35. The summed E-state index contributed by atoms with van der Waals surface area (Å²) in [7, 11) is 0. The van der Waals surface area contributed by atoms with Gasteiger partial charge < -0.3 is 21.1 Å². The molecule has 3 aromatic rings. The van der Waals surface area contributed by atoms with Crippen LogP contribution in [0.5, 0.6) is 5.75 Å². The maximum atomic E-state index is 12.0. The quantitative estimate of drug-likeness (QED) is 0.667. The molecule has 4 N–H and O–H groups in total. The number of nitrogens with one attached hydrogen (secondary N) is 2. The van der Waals surface area contributed by atoms with E-state index in [1.807, 2.05) is 42.5 Å². The lowest BCUT2D eigenvalue weighted by molar-refractivity contribution is -0.118. The second-order valence-electron chi connectivity index (χ2n) is 5.42. The Labute approximate surface area is 144 Å². The molecular formula is C19H17N3O3. The molecule has 6 heteroatoms. The number of nitrogens with two attached hydrogens (primary N) is 1. The van der Waals surface area contributed by atoms with Crippen LogP contribution in [0.2, 0.25) is 0 Å². The number of ether oxygens (including phenoxy) is 1. The maximum Gasteiger partial charge on any atom is 0.316 e. The molecule has 3 aromatic carbocycles. The first kappa shape index (κ1) is 16.3. The molecule has 0 radical (unpaired) electrons. The average Bonchev–Trinajstić information content (AvgIpc) is 2.59. The van der Waals surface area contributed by atoms with Gasteiger partial charge in [0.25, 0.3) is 5.91 Å². The first-order valence-corrected chi connectivity index (χ1v) is 7.68. The van der Waals surface area contributed by atoms with Crippen LogP contribution in [0.4, 0.5) is 16.2 Å². The van der Waals surface area contributed by atoms with Crippen LogP contribution >= 0.6 is 0 Å². The fraction of sp³-hybridized carbons (Fsp3) is 0.0526. The molecule has 126 valence electrons. The monoisotopic (exact) mass is 335 g/mol. The molecule has 0 spiro atoms.